The zero-order valence-corrected chi connectivity index (χ0v) is 24.1. The van der Waals surface area contributed by atoms with E-state index in [1.54, 1.807) is 24.3 Å². The standard InChI is InChI=1S/C32H39BN2O7/c1-40-19-21-16-25-30(32(38)35(31(25)37)22-7-3-2-4-8-22)26-17-33(39)42-28(29(21)26)13-10-20(27-9-5-6-14-34-27)15-23-11-12-24(18-36)41-23/h5-6,9,11-12,14-15,22,25-26,28,30,36,39H,2-4,7-8,10,13,16-19H2,1H3/b20-15-/t25-,26+,28-,30-/m1/s1. The van der Waals surface area contributed by atoms with Gasteiger partial charge < -0.3 is 23.9 Å². The molecule has 4 atom stereocenters. The minimum Gasteiger partial charge on any atom is -0.459 e. The van der Waals surface area contributed by atoms with Gasteiger partial charge in [0.25, 0.3) is 0 Å². The van der Waals surface area contributed by atoms with Gasteiger partial charge in [0.2, 0.25) is 11.8 Å². The maximum absolute atomic E-state index is 13.9. The number of rotatable bonds is 9. The second-order valence-corrected chi connectivity index (χ2v) is 12.0. The molecular weight excluding hydrogens is 535 g/mol. The number of hydrogen-bond acceptors (Lipinski definition) is 8. The van der Waals surface area contributed by atoms with Gasteiger partial charge in [-0.15, -0.1) is 0 Å². The second-order valence-electron chi connectivity index (χ2n) is 12.0. The van der Waals surface area contributed by atoms with Crippen LogP contribution >= 0.6 is 0 Å². The van der Waals surface area contributed by atoms with E-state index in [0.29, 0.717) is 37.4 Å². The van der Waals surface area contributed by atoms with Gasteiger partial charge in [-0.2, -0.15) is 0 Å². The third-order valence-corrected chi connectivity index (χ3v) is 9.42. The molecule has 4 aliphatic rings. The molecule has 1 saturated carbocycles. The van der Waals surface area contributed by atoms with Crippen molar-refractivity contribution in [3.63, 3.8) is 0 Å². The van der Waals surface area contributed by atoms with Crippen LogP contribution in [0.3, 0.4) is 0 Å². The third-order valence-electron chi connectivity index (χ3n) is 9.42. The Kier molecular flexibility index (Phi) is 8.76. The molecule has 2 aromatic rings. The first-order valence-corrected chi connectivity index (χ1v) is 15.2. The summed E-state index contributed by atoms with van der Waals surface area (Å²) in [5.41, 5.74) is 3.74. The fourth-order valence-electron chi connectivity index (χ4n) is 7.64. The molecule has 0 unspecified atom stereocenters. The van der Waals surface area contributed by atoms with E-state index in [4.69, 9.17) is 13.8 Å². The van der Waals surface area contributed by atoms with E-state index in [1.165, 1.54) is 0 Å². The van der Waals surface area contributed by atoms with Crippen LogP contribution in [0.15, 0.2) is 52.1 Å². The molecule has 0 radical (unpaired) electrons. The van der Waals surface area contributed by atoms with Crippen LogP contribution in [0.25, 0.3) is 11.6 Å². The number of nitrogens with zero attached hydrogens (tertiary/aromatic N) is 2. The van der Waals surface area contributed by atoms with Crippen LogP contribution in [0.2, 0.25) is 6.32 Å². The topological polar surface area (TPSA) is 122 Å². The smallest absolute Gasteiger partial charge is 0.455 e. The fourth-order valence-corrected chi connectivity index (χ4v) is 7.64. The van der Waals surface area contributed by atoms with Crippen molar-refractivity contribution in [3.8, 4) is 0 Å². The van der Waals surface area contributed by atoms with Gasteiger partial charge in [-0.1, -0.05) is 25.3 Å². The van der Waals surface area contributed by atoms with Crippen molar-refractivity contribution < 1.29 is 33.5 Å². The normalized spacial score (nSPS) is 27.1. The van der Waals surface area contributed by atoms with Gasteiger partial charge >= 0.3 is 7.12 Å². The van der Waals surface area contributed by atoms with Gasteiger partial charge in [-0.25, -0.2) is 0 Å². The Morgan fingerprint density at radius 3 is 2.69 bits per heavy atom. The molecule has 9 nitrogen and oxygen atoms in total. The largest absolute Gasteiger partial charge is 0.459 e. The number of imide groups is 1. The third kappa shape index (κ3) is 5.65. The average molecular weight is 574 g/mol. The summed E-state index contributed by atoms with van der Waals surface area (Å²) in [7, 11) is 0.613. The summed E-state index contributed by atoms with van der Waals surface area (Å²) in [6.45, 7) is 0.176. The van der Waals surface area contributed by atoms with Crippen LogP contribution in [-0.4, -0.2) is 64.8 Å². The number of likely N-dealkylation sites (tertiary alicyclic amines) is 1. The number of amides is 2. The Balaban J connectivity index is 1.30. The number of aliphatic hydroxyl groups is 1. The summed E-state index contributed by atoms with van der Waals surface area (Å²) in [5, 5.41) is 20.4. The molecule has 3 fully saturated rings. The van der Waals surface area contributed by atoms with Crippen LogP contribution in [0, 0.1) is 17.8 Å². The van der Waals surface area contributed by atoms with Gasteiger partial charge in [-0.05, 0) is 91.4 Å². The van der Waals surface area contributed by atoms with Gasteiger partial charge in [-0.3, -0.25) is 19.5 Å². The fraction of sp³-hybridized carbons (Fsp3) is 0.531. The number of furan rings is 1. The van der Waals surface area contributed by atoms with Crippen molar-refractivity contribution in [3.05, 3.63) is 64.9 Å². The minimum absolute atomic E-state index is 0.0155. The van der Waals surface area contributed by atoms with Crippen molar-refractivity contribution in [2.45, 2.75) is 76.4 Å². The first-order chi connectivity index (χ1) is 20.5. The van der Waals surface area contributed by atoms with Gasteiger partial charge in [0.05, 0.1) is 30.2 Å². The molecule has 222 valence electrons. The van der Waals surface area contributed by atoms with Crippen LogP contribution in [0.1, 0.15) is 68.6 Å². The maximum Gasteiger partial charge on any atom is 0.455 e. The summed E-state index contributed by atoms with van der Waals surface area (Å²) < 4.78 is 17.5. The van der Waals surface area contributed by atoms with Crippen LogP contribution < -0.4 is 0 Å². The number of methoxy groups -OCH3 is 1. The first-order valence-electron chi connectivity index (χ1n) is 15.2. The number of hydrogen-bond donors (Lipinski definition) is 2. The van der Waals surface area contributed by atoms with Crippen LogP contribution in [0.5, 0.6) is 0 Å². The number of allylic oxidation sites excluding steroid dienone is 1. The predicted octanol–water partition coefficient (Wildman–Crippen LogP) is 4.26. The van der Waals surface area contributed by atoms with E-state index >= 15 is 0 Å². The quantitative estimate of drug-likeness (QED) is 0.259. The lowest BCUT2D eigenvalue weighted by Crippen LogP contribution is -2.47. The maximum atomic E-state index is 13.9. The Bertz CT molecular complexity index is 1350. The number of carbonyl (C=O) groups is 2. The first kappa shape index (κ1) is 29.0. The Morgan fingerprint density at radius 1 is 1.14 bits per heavy atom. The zero-order valence-electron chi connectivity index (χ0n) is 24.1. The van der Waals surface area contributed by atoms with E-state index in [9.17, 15) is 19.7 Å². The van der Waals surface area contributed by atoms with Crippen molar-refractivity contribution in [1.82, 2.24) is 9.88 Å². The molecule has 6 rings (SSSR count). The highest BCUT2D eigenvalue weighted by molar-refractivity contribution is 6.43. The number of pyridine rings is 1. The van der Waals surface area contributed by atoms with Gasteiger partial charge in [0.1, 0.15) is 18.1 Å². The number of carbonyl (C=O) groups excluding carboxylic acids is 2. The monoisotopic (exact) mass is 574 g/mol. The number of aliphatic hydroxyl groups excluding tert-OH is 1. The van der Waals surface area contributed by atoms with Crippen molar-refractivity contribution in [1.29, 1.82) is 0 Å². The van der Waals surface area contributed by atoms with Gasteiger partial charge in [0, 0.05) is 19.3 Å². The van der Waals surface area contributed by atoms with E-state index in [1.807, 2.05) is 30.3 Å². The number of fused-ring (bicyclic) bond motifs is 3. The molecule has 0 aromatic carbocycles. The van der Waals surface area contributed by atoms with Crippen LogP contribution in [-0.2, 0) is 25.6 Å². The summed E-state index contributed by atoms with van der Waals surface area (Å²) in [6, 6.07) is 9.26. The molecule has 2 amide bonds. The highest BCUT2D eigenvalue weighted by Gasteiger charge is 2.58. The molecule has 2 saturated heterocycles. The Labute approximate surface area is 246 Å². The summed E-state index contributed by atoms with van der Waals surface area (Å²) in [5.74, 6) is -0.187. The molecular formula is C32H39BN2O7. The number of aromatic nitrogens is 1. The molecule has 2 aromatic heterocycles. The lowest BCUT2D eigenvalue weighted by atomic mass is 9.58. The van der Waals surface area contributed by atoms with Crippen LogP contribution in [0.4, 0.5) is 0 Å². The summed E-state index contributed by atoms with van der Waals surface area (Å²) in [6.07, 6.45) is 10.1. The van der Waals surface area contributed by atoms with E-state index in [-0.39, 0.29) is 36.7 Å². The zero-order chi connectivity index (χ0) is 29.2. The molecule has 2 N–H and O–H groups in total. The Hall–Kier alpha value is -3.05. The average Bonchev–Trinajstić information content (AvgIpc) is 3.57. The lowest BCUT2D eigenvalue weighted by molar-refractivity contribution is -0.143. The molecule has 0 spiro atoms. The molecule has 2 aliphatic heterocycles. The van der Waals surface area contributed by atoms with Crippen molar-refractivity contribution >= 4 is 30.6 Å². The Morgan fingerprint density at radius 2 is 1.98 bits per heavy atom. The number of ether oxygens (including phenoxy) is 1. The highest BCUT2D eigenvalue weighted by Crippen LogP contribution is 2.51. The van der Waals surface area contributed by atoms with E-state index < -0.39 is 25.1 Å². The molecule has 10 heteroatoms. The summed E-state index contributed by atoms with van der Waals surface area (Å²) in [4.78, 5) is 33.8. The van der Waals surface area contributed by atoms with Gasteiger partial charge in [0.15, 0.2) is 0 Å². The predicted molar refractivity (Wildman–Crippen MR) is 156 cm³/mol. The SMILES string of the molecule is COCC1=C2[C@@H](CC/C(=C/c3ccc(CO)o3)c3ccccn3)OB(O)C[C@@H]2[C@@H]2C(=O)N(C3CCCCC3)C(=O)[C@@H]2C1. The highest BCUT2D eigenvalue weighted by atomic mass is 16.5. The molecule has 0 bridgehead atoms. The minimum atomic E-state index is -1.03. The van der Waals surface area contributed by atoms with E-state index in [2.05, 4.69) is 4.98 Å². The van der Waals surface area contributed by atoms with Crippen molar-refractivity contribution in [2.24, 2.45) is 17.8 Å². The van der Waals surface area contributed by atoms with E-state index in [0.717, 1.165) is 54.5 Å². The van der Waals surface area contributed by atoms with Crippen molar-refractivity contribution in [2.75, 3.05) is 13.7 Å². The lowest BCUT2D eigenvalue weighted by Gasteiger charge is -2.43. The second kappa shape index (κ2) is 12.7. The molecule has 4 heterocycles. The summed E-state index contributed by atoms with van der Waals surface area (Å²) >= 11 is 0. The molecule has 2 aliphatic carbocycles. The molecule has 42 heavy (non-hydrogen) atoms.